The van der Waals surface area contributed by atoms with E-state index >= 15 is 0 Å². The quantitative estimate of drug-likeness (QED) is 0.491. The Hall–Kier alpha value is -3.23. The second-order valence-corrected chi connectivity index (χ2v) is 9.22. The van der Waals surface area contributed by atoms with E-state index in [0.717, 1.165) is 71.6 Å². The Bertz CT molecular complexity index is 1270. The van der Waals surface area contributed by atoms with Crippen LogP contribution in [0.15, 0.2) is 54.6 Å². The van der Waals surface area contributed by atoms with Crippen LogP contribution in [0.2, 0.25) is 0 Å². The van der Waals surface area contributed by atoms with Crippen LogP contribution in [-0.4, -0.2) is 47.0 Å². The Morgan fingerprint density at radius 2 is 1.88 bits per heavy atom. The van der Waals surface area contributed by atoms with Crippen LogP contribution < -0.4 is 10.2 Å². The molecule has 0 bridgehead atoms. The number of ether oxygens (including phenoxy) is 1. The molecule has 0 unspecified atom stereocenters. The maximum atomic E-state index is 13.2. The van der Waals surface area contributed by atoms with Crippen LogP contribution in [0.3, 0.4) is 0 Å². The van der Waals surface area contributed by atoms with Crippen LogP contribution in [0.1, 0.15) is 34.9 Å². The Kier molecular flexibility index (Phi) is 4.88. The number of anilines is 2. The highest BCUT2D eigenvalue weighted by atomic mass is 32.1. The Morgan fingerprint density at radius 3 is 2.66 bits per heavy atom. The fourth-order valence-corrected chi connectivity index (χ4v) is 5.04. The number of carbonyl (C=O) groups excluding carboxylic acids is 1. The Balaban J connectivity index is 1.28. The zero-order chi connectivity index (χ0) is 21.5. The summed E-state index contributed by atoms with van der Waals surface area (Å²) >= 11 is 1.65. The van der Waals surface area contributed by atoms with Gasteiger partial charge in [0.2, 0.25) is 0 Å². The monoisotopic (exact) mass is 445 g/mol. The van der Waals surface area contributed by atoms with Gasteiger partial charge in [-0.3, -0.25) is 4.79 Å². The van der Waals surface area contributed by atoms with Crippen LogP contribution >= 0.6 is 11.3 Å². The molecular formula is C24H23N5O2S. The summed E-state index contributed by atoms with van der Waals surface area (Å²) in [6.45, 7) is 3.18. The van der Waals surface area contributed by atoms with Gasteiger partial charge in [-0.25, -0.2) is 9.67 Å². The van der Waals surface area contributed by atoms with Crippen molar-refractivity contribution in [1.29, 1.82) is 0 Å². The molecule has 2 aromatic heterocycles. The number of hydrogen-bond acceptors (Lipinski definition) is 6. The van der Waals surface area contributed by atoms with Gasteiger partial charge in [0.05, 0.1) is 34.8 Å². The molecule has 0 spiro atoms. The van der Waals surface area contributed by atoms with Gasteiger partial charge < -0.3 is 15.0 Å². The van der Waals surface area contributed by atoms with Crippen molar-refractivity contribution in [3.8, 4) is 5.69 Å². The number of amides is 1. The third-order valence-electron chi connectivity index (χ3n) is 5.87. The maximum absolute atomic E-state index is 13.2. The summed E-state index contributed by atoms with van der Waals surface area (Å²) in [5.74, 6) is 0.309. The van der Waals surface area contributed by atoms with Gasteiger partial charge in [0, 0.05) is 24.7 Å². The molecule has 1 N–H and O–H groups in total. The zero-order valence-electron chi connectivity index (χ0n) is 17.5. The lowest BCUT2D eigenvalue weighted by molar-refractivity contribution is 0.101. The van der Waals surface area contributed by atoms with E-state index in [-0.39, 0.29) is 5.91 Å². The first-order chi connectivity index (χ1) is 15.7. The number of fused-ring (bicyclic) bond motifs is 1. The van der Waals surface area contributed by atoms with E-state index in [1.807, 2.05) is 54.6 Å². The van der Waals surface area contributed by atoms with Crippen molar-refractivity contribution in [3.05, 3.63) is 66.0 Å². The first-order valence-electron chi connectivity index (χ1n) is 10.9. The summed E-state index contributed by atoms with van der Waals surface area (Å²) in [5.41, 5.74) is 4.13. The highest BCUT2D eigenvalue weighted by Gasteiger charge is 2.29. The third kappa shape index (κ3) is 3.76. The molecule has 1 aliphatic carbocycles. The predicted octanol–water partition coefficient (Wildman–Crippen LogP) is 4.45. The second kappa shape index (κ2) is 8.03. The van der Waals surface area contributed by atoms with Crippen LogP contribution in [0, 0.1) is 0 Å². The minimum Gasteiger partial charge on any atom is -0.378 e. The highest BCUT2D eigenvalue weighted by Crippen LogP contribution is 2.40. The number of rotatable bonds is 5. The van der Waals surface area contributed by atoms with E-state index < -0.39 is 0 Å². The number of benzene rings is 2. The standard InChI is InChI=1S/C24H23N5O2S/c30-23(21-15-20(16-6-7-16)27-29(21)18-4-2-1-3-5-18)25-17-8-9-19-22(14-17)32-24(26-19)28-10-12-31-13-11-28/h1-5,8-9,14-16H,6-7,10-13H2,(H,25,30). The minimum absolute atomic E-state index is 0.162. The van der Waals surface area contributed by atoms with Crippen molar-refractivity contribution >= 4 is 38.3 Å². The number of carbonyl (C=O) groups is 1. The van der Waals surface area contributed by atoms with Crippen molar-refractivity contribution in [3.63, 3.8) is 0 Å². The predicted molar refractivity (Wildman–Crippen MR) is 126 cm³/mol. The number of para-hydroxylation sites is 1. The van der Waals surface area contributed by atoms with Crippen molar-refractivity contribution in [2.24, 2.45) is 0 Å². The van der Waals surface area contributed by atoms with E-state index in [0.29, 0.717) is 11.6 Å². The van der Waals surface area contributed by atoms with E-state index in [2.05, 4.69) is 10.2 Å². The number of aromatic nitrogens is 3. The largest absolute Gasteiger partial charge is 0.378 e. The highest BCUT2D eigenvalue weighted by molar-refractivity contribution is 7.22. The average Bonchev–Trinajstić information content (AvgIpc) is 3.44. The summed E-state index contributed by atoms with van der Waals surface area (Å²) in [6, 6.07) is 17.6. The summed E-state index contributed by atoms with van der Waals surface area (Å²) in [5, 5.41) is 8.81. The molecule has 162 valence electrons. The van der Waals surface area contributed by atoms with Gasteiger partial charge in [-0.1, -0.05) is 29.5 Å². The van der Waals surface area contributed by atoms with Gasteiger partial charge in [-0.2, -0.15) is 5.10 Å². The topological polar surface area (TPSA) is 72.3 Å². The molecule has 4 aromatic rings. The summed E-state index contributed by atoms with van der Waals surface area (Å²) in [4.78, 5) is 20.3. The second-order valence-electron chi connectivity index (χ2n) is 8.21. The number of hydrogen-bond donors (Lipinski definition) is 1. The molecule has 1 aliphatic heterocycles. The zero-order valence-corrected chi connectivity index (χ0v) is 18.3. The smallest absolute Gasteiger partial charge is 0.274 e. The molecule has 8 heteroatoms. The summed E-state index contributed by atoms with van der Waals surface area (Å²) in [7, 11) is 0. The van der Waals surface area contributed by atoms with Gasteiger partial charge in [-0.05, 0) is 49.2 Å². The molecule has 3 heterocycles. The molecule has 1 saturated heterocycles. The van der Waals surface area contributed by atoms with Crippen molar-refractivity contribution in [2.75, 3.05) is 36.5 Å². The van der Waals surface area contributed by atoms with E-state index in [1.54, 1.807) is 16.0 Å². The molecule has 1 saturated carbocycles. The summed E-state index contributed by atoms with van der Waals surface area (Å²) < 4.78 is 8.25. The fraction of sp³-hybridized carbons (Fsp3) is 0.292. The first-order valence-corrected chi connectivity index (χ1v) is 11.8. The molecule has 2 aliphatic rings. The SMILES string of the molecule is O=C(Nc1ccc2nc(N3CCOCC3)sc2c1)c1cc(C2CC2)nn1-c1ccccc1. The number of morpholine rings is 1. The molecule has 0 radical (unpaired) electrons. The van der Waals surface area contributed by atoms with E-state index in [4.69, 9.17) is 14.8 Å². The lowest BCUT2D eigenvalue weighted by Crippen LogP contribution is -2.36. The maximum Gasteiger partial charge on any atom is 0.274 e. The minimum atomic E-state index is -0.162. The Labute approximate surface area is 189 Å². The van der Waals surface area contributed by atoms with E-state index in [9.17, 15) is 4.79 Å². The molecule has 7 nitrogen and oxygen atoms in total. The van der Waals surface area contributed by atoms with Crippen molar-refractivity contribution in [1.82, 2.24) is 14.8 Å². The first kappa shape index (κ1) is 19.5. The average molecular weight is 446 g/mol. The van der Waals surface area contributed by atoms with Crippen molar-refractivity contribution in [2.45, 2.75) is 18.8 Å². The van der Waals surface area contributed by atoms with Gasteiger partial charge in [-0.15, -0.1) is 0 Å². The van der Waals surface area contributed by atoms with Crippen LogP contribution in [0.5, 0.6) is 0 Å². The van der Waals surface area contributed by atoms with Crippen LogP contribution in [0.25, 0.3) is 15.9 Å². The van der Waals surface area contributed by atoms with Crippen LogP contribution in [-0.2, 0) is 4.74 Å². The third-order valence-corrected chi connectivity index (χ3v) is 6.95. The number of nitrogens with one attached hydrogen (secondary N) is 1. The molecule has 32 heavy (non-hydrogen) atoms. The lowest BCUT2D eigenvalue weighted by atomic mass is 10.2. The van der Waals surface area contributed by atoms with Gasteiger partial charge >= 0.3 is 0 Å². The molecule has 2 fully saturated rings. The summed E-state index contributed by atoms with van der Waals surface area (Å²) in [6.07, 6.45) is 2.28. The molecular weight excluding hydrogens is 422 g/mol. The molecule has 0 atom stereocenters. The number of thiazole rings is 1. The normalized spacial score (nSPS) is 16.4. The van der Waals surface area contributed by atoms with Crippen molar-refractivity contribution < 1.29 is 9.53 Å². The van der Waals surface area contributed by atoms with Gasteiger partial charge in [0.1, 0.15) is 5.69 Å². The van der Waals surface area contributed by atoms with E-state index in [1.165, 1.54) is 0 Å². The molecule has 6 rings (SSSR count). The van der Waals surface area contributed by atoms with Gasteiger partial charge in [0.25, 0.3) is 5.91 Å². The lowest BCUT2D eigenvalue weighted by Gasteiger charge is -2.25. The van der Waals surface area contributed by atoms with Crippen LogP contribution in [0.4, 0.5) is 10.8 Å². The van der Waals surface area contributed by atoms with Gasteiger partial charge in [0.15, 0.2) is 5.13 Å². The molecule has 2 aromatic carbocycles. The number of nitrogens with zero attached hydrogens (tertiary/aromatic N) is 4. The fourth-order valence-electron chi connectivity index (χ4n) is 3.98. The Morgan fingerprint density at radius 1 is 1.06 bits per heavy atom. The molecule has 1 amide bonds.